The maximum absolute atomic E-state index is 11.6. The fraction of sp³-hybridized carbons (Fsp3) is 0.182. The van der Waals surface area contributed by atoms with E-state index in [1.165, 1.54) is 24.5 Å². The lowest BCUT2D eigenvalue weighted by Crippen LogP contribution is -2.47. The van der Waals surface area contributed by atoms with Crippen LogP contribution in [0.1, 0.15) is 10.4 Å². The van der Waals surface area contributed by atoms with E-state index in [0.29, 0.717) is 5.56 Å². The second-order valence-corrected chi connectivity index (χ2v) is 4.70. The summed E-state index contributed by atoms with van der Waals surface area (Å²) >= 11 is 0.840. The Kier molecular flexibility index (Phi) is 4.31. The zero-order valence-electron chi connectivity index (χ0n) is 10.2. The number of carbonyl (C=O) groups excluding carboxylic acids is 4. The van der Waals surface area contributed by atoms with Crippen molar-refractivity contribution in [1.29, 1.82) is 0 Å². The molecule has 1 aromatic rings. The van der Waals surface area contributed by atoms with Gasteiger partial charge in [0, 0.05) is 18.0 Å². The van der Waals surface area contributed by atoms with Crippen molar-refractivity contribution in [1.82, 2.24) is 20.7 Å². The molecule has 2 rings (SSSR count). The molecular formula is C11H10N4O4S. The minimum absolute atomic E-state index is 0.0372. The van der Waals surface area contributed by atoms with Gasteiger partial charge in [0.1, 0.15) is 6.54 Å². The first-order valence-electron chi connectivity index (χ1n) is 5.54. The van der Waals surface area contributed by atoms with Crippen LogP contribution in [0.4, 0.5) is 4.79 Å². The summed E-state index contributed by atoms with van der Waals surface area (Å²) in [6.07, 6.45) is 2.88. The number of hydrazine groups is 1. The Hall–Kier alpha value is -2.42. The van der Waals surface area contributed by atoms with Gasteiger partial charge < -0.3 is 0 Å². The van der Waals surface area contributed by atoms with Crippen molar-refractivity contribution in [3.05, 3.63) is 30.1 Å². The zero-order valence-corrected chi connectivity index (χ0v) is 11.0. The summed E-state index contributed by atoms with van der Waals surface area (Å²) < 4.78 is 0. The summed E-state index contributed by atoms with van der Waals surface area (Å²) in [5, 5.41) is -0.467. The third-order valence-electron chi connectivity index (χ3n) is 2.40. The molecule has 0 atom stereocenters. The molecule has 2 N–H and O–H groups in total. The number of imide groups is 1. The fourth-order valence-electron chi connectivity index (χ4n) is 1.42. The Morgan fingerprint density at radius 3 is 2.55 bits per heavy atom. The SMILES string of the molecule is O=C(CN1C(=O)CSC1=O)NNC(=O)c1ccncc1. The largest absolute Gasteiger partial charge is 0.289 e. The Balaban J connectivity index is 1.82. The maximum atomic E-state index is 11.6. The van der Waals surface area contributed by atoms with Crippen molar-refractivity contribution in [2.45, 2.75) is 0 Å². The molecule has 20 heavy (non-hydrogen) atoms. The van der Waals surface area contributed by atoms with Crippen LogP contribution in [-0.4, -0.2) is 45.1 Å². The number of nitrogens with zero attached hydrogens (tertiary/aromatic N) is 2. The average Bonchev–Trinajstić information content (AvgIpc) is 2.77. The van der Waals surface area contributed by atoms with E-state index in [-0.39, 0.29) is 5.75 Å². The second kappa shape index (κ2) is 6.15. The second-order valence-electron chi connectivity index (χ2n) is 3.77. The van der Waals surface area contributed by atoms with Crippen molar-refractivity contribution in [2.75, 3.05) is 12.3 Å². The third kappa shape index (κ3) is 3.32. The average molecular weight is 294 g/mol. The van der Waals surface area contributed by atoms with Gasteiger partial charge in [-0.05, 0) is 12.1 Å². The molecule has 0 aliphatic carbocycles. The molecule has 1 aromatic heterocycles. The van der Waals surface area contributed by atoms with Gasteiger partial charge in [0.2, 0.25) is 5.91 Å². The maximum Gasteiger partial charge on any atom is 0.289 e. The zero-order chi connectivity index (χ0) is 14.5. The lowest BCUT2D eigenvalue weighted by atomic mass is 10.3. The molecule has 0 spiro atoms. The van der Waals surface area contributed by atoms with Crippen LogP contribution in [0.15, 0.2) is 24.5 Å². The lowest BCUT2D eigenvalue weighted by molar-refractivity contribution is -0.130. The van der Waals surface area contributed by atoms with E-state index in [0.717, 1.165) is 16.7 Å². The molecule has 0 aromatic carbocycles. The Bertz CT molecular complexity index is 547. The van der Waals surface area contributed by atoms with Gasteiger partial charge in [-0.1, -0.05) is 11.8 Å². The van der Waals surface area contributed by atoms with Crippen molar-refractivity contribution >= 4 is 34.7 Å². The van der Waals surface area contributed by atoms with E-state index < -0.39 is 29.5 Å². The van der Waals surface area contributed by atoms with Gasteiger partial charge >= 0.3 is 0 Å². The van der Waals surface area contributed by atoms with Crippen LogP contribution in [0.25, 0.3) is 0 Å². The normalized spacial score (nSPS) is 14.3. The lowest BCUT2D eigenvalue weighted by Gasteiger charge is -2.13. The number of hydrogen-bond donors (Lipinski definition) is 2. The van der Waals surface area contributed by atoms with Gasteiger partial charge in [-0.25, -0.2) is 0 Å². The highest BCUT2D eigenvalue weighted by molar-refractivity contribution is 8.14. The summed E-state index contributed by atoms with van der Waals surface area (Å²) in [7, 11) is 0. The smallest absolute Gasteiger partial charge is 0.273 e. The van der Waals surface area contributed by atoms with E-state index in [9.17, 15) is 19.2 Å². The highest BCUT2D eigenvalue weighted by atomic mass is 32.2. The fourth-order valence-corrected chi connectivity index (χ4v) is 2.14. The molecule has 0 saturated carbocycles. The molecule has 4 amide bonds. The molecule has 1 fully saturated rings. The molecule has 0 radical (unpaired) electrons. The number of amides is 4. The van der Waals surface area contributed by atoms with Crippen LogP contribution in [0.2, 0.25) is 0 Å². The Labute approximate surface area is 117 Å². The molecule has 1 aliphatic rings. The summed E-state index contributed by atoms with van der Waals surface area (Å²) in [5.74, 6) is -1.56. The van der Waals surface area contributed by atoms with E-state index in [2.05, 4.69) is 15.8 Å². The van der Waals surface area contributed by atoms with Crippen molar-refractivity contribution in [2.24, 2.45) is 0 Å². The predicted molar refractivity (Wildman–Crippen MR) is 69.4 cm³/mol. The third-order valence-corrected chi connectivity index (χ3v) is 3.26. The van der Waals surface area contributed by atoms with Gasteiger partial charge in [-0.3, -0.25) is 39.9 Å². The summed E-state index contributed by atoms with van der Waals surface area (Å²) in [4.78, 5) is 50.3. The summed E-state index contributed by atoms with van der Waals surface area (Å²) in [5.41, 5.74) is 4.64. The predicted octanol–water partition coefficient (Wildman–Crippen LogP) is -0.462. The topological polar surface area (TPSA) is 108 Å². The first-order valence-corrected chi connectivity index (χ1v) is 6.53. The number of aromatic nitrogens is 1. The Morgan fingerprint density at radius 2 is 1.95 bits per heavy atom. The van der Waals surface area contributed by atoms with Gasteiger partial charge in [0.15, 0.2) is 0 Å². The number of hydrogen-bond acceptors (Lipinski definition) is 6. The highest BCUT2D eigenvalue weighted by Crippen LogP contribution is 2.17. The first kappa shape index (κ1) is 14.0. The quantitative estimate of drug-likeness (QED) is 0.730. The van der Waals surface area contributed by atoms with Crippen LogP contribution in [0.3, 0.4) is 0 Å². The van der Waals surface area contributed by atoms with E-state index in [1.807, 2.05) is 0 Å². The van der Waals surface area contributed by atoms with Crippen LogP contribution >= 0.6 is 11.8 Å². The van der Waals surface area contributed by atoms with Crippen molar-refractivity contribution < 1.29 is 19.2 Å². The number of rotatable bonds is 3. The van der Waals surface area contributed by atoms with Crippen molar-refractivity contribution in [3.8, 4) is 0 Å². The molecule has 0 unspecified atom stereocenters. The van der Waals surface area contributed by atoms with Gasteiger partial charge in [0.05, 0.1) is 5.75 Å². The molecule has 1 saturated heterocycles. The molecule has 104 valence electrons. The van der Waals surface area contributed by atoms with Crippen LogP contribution in [0.5, 0.6) is 0 Å². The van der Waals surface area contributed by atoms with Crippen LogP contribution in [0, 0.1) is 0 Å². The van der Waals surface area contributed by atoms with Gasteiger partial charge in [0.25, 0.3) is 17.1 Å². The van der Waals surface area contributed by atoms with Gasteiger partial charge in [-0.2, -0.15) is 0 Å². The van der Waals surface area contributed by atoms with E-state index in [1.54, 1.807) is 0 Å². The molecule has 2 heterocycles. The molecule has 9 heteroatoms. The molecule has 8 nitrogen and oxygen atoms in total. The molecule has 1 aliphatic heterocycles. The molecular weight excluding hydrogens is 284 g/mol. The minimum atomic E-state index is -0.656. The van der Waals surface area contributed by atoms with E-state index >= 15 is 0 Å². The highest BCUT2D eigenvalue weighted by Gasteiger charge is 2.31. The van der Waals surface area contributed by atoms with Crippen LogP contribution in [-0.2, 0) is 9.59 Å². The van der Waals surface area contributed by atoms with Gasteiger partial charge in [-0.15, -0.1) is 0 Å². The number of thioether (sulfide) groups is 1. The monoisotopic (exact) mass is 294 g/mol. The van der Waals surface area contributed by atoms with Crippen LogP contribution < -0.4 is 10.9 Å². The summed E-state index contributed by atoms with van der Waals surface area (Å²) in [6.45, 7) is -0.415. The standard InChI is InChI=1S/C11H10N4O4S/c16-8(5-15-9(17)6-20-11(15)19)13-14-10(18)7-1-3-12-4-2-7/h1-4H,5-6H2,(H,13,16)(H,14,18). The first-order chi connectivity index (χ1) is 9.58. The Morgan fingerprint density at radius 1 is 1.25 bits per heavy atom. The minimum Gasteiger partial charge on any atom is -0.273 e. The van der Waals surface area contributed by atoms with Crippen molar-refractivity contribution in [3.63, 3.8) is 0 Å². The summed E-state index contributed by atoms with van der Waals surface area (Å²) in [6, 6.07) is 2.96. The van der Waals surface area contributed by atoms with E-state index in [4.69, 9.17) is 0 Å². The number of carbonyl (C=O) groups is 4. The number of nitrogens with one attached hydrogen (secondary N) is 2. The number of pyridine rings is 1. The molecule has 0 bridgehead atoms.